The van der Waals surface area contributed by atoms with Gasteiger partial charge in [0.25, 0.3) is 0 Å². The third-order valence-electron chi connectivity index (χ3n) is 8.39. The van der Waals surface area contributed by atoms with Crippen LogP contribution in [0.15, 0.2) is 50.0 Å². The Morgan fingerprint density at radius 1 is 0.400 bits per heavy atom. The maximum Gasteiger partial charge on any atom is 0.0708 e. The summed E-state index contributed by atoms with van der Waals surface area (Å²) in [5.74, 6) is 0. The van der Waals surface area contributed by atoms with Crippen molar-refractivity contribution in [2.45, 2.75) is 117 Å². The molecule has 0 atom stereocenters. The first kappa shape index (κ1) is 35.8. The molecule has 0 aromatic carbocycles. The Kier molecular flexibility index (Phi) is 14.5. The summed E-state index contributed by atoms with van der Waals surface area (Å²) in [6.45, 7) is 6.89. The molecule has 5 aromatic rings. The van der Waals surface area contributed by atoms with Crippen LogP contribution in [0.3, 0.4) is 0 Å². The van der Waals surface area contributed by atoms with Crippen molar-refractivity contribution in [1.82, 2.24) is 0 Å². The molecule has 5 aromatic heterocycles. The molecular formula is C38H46Br2S5. The fraction of sp³-hybridized carbons (Fsp3) is 0.474. The summed E-state index contributed by atoms with van der Waals surface area (Å²) < 4.78 is 2.50. The Labute approximate surface area is 308 Å². The molecule has 0 bridgehead atoms. The van der Waals surface area contributed by atoms with Crippen LogP contribution in [0.5, 0.6) is 0 Å². The predicted octanol–water partition coefficient (Wildman–Crippen LogP) is 16.6. The van der Waals surface area contributed by atoms with E-state index < -0.39 is 0 Å². The second-order valence-corrected chi connectivity index (χ2v) is 20.1. The molecule has 0 saturated carbocycles. The smallest absolute Gasteiger partial charge is 0.0708 e. The van der Waals surface area contributed by atoms with E-state index in [9.17, 15) is 0 Å². The number of hydrogen-bond acceptors (Lipinski definition) is 5. The van der Waals surface area contributed by atoms with E-state index in [1.807, 2.05) is 56.7 Å². The van der Waals surface area contributed by atoms with Gasteiger partial charge in [-0.3, -0.25) is 0 Å². The molecule has 5 rings (SSSR count). The summed E-state index contributed by atoms with van der Waals surface area (Å²) in [4.78, 5) is 11.5. The third-order valence-corrected chi connectivity index (χ3v) is 15.8. The predicted molar refractivity (Wildman–Crippen MR) is 217 cm³/mol. The molecule has 0 aliphatic heterocycles. The highest BCUT2D eigenvalue weighted by Crippen LogP contribution is 2.49. The molecule has 0 aliphatic carbocycles. The molecule has 0 nitrogen and oxygen atoms in total. The van der Waals surface area contributed by atoms with Crippen LogP contribution in [-0.4, -0.2) is 0 Å². The quantitative estimate of drug-likeness (QED) is 0.0728. The monoisotopic (exact) mass is 820 g/mol. The zero-order valence-corrected chi connectivity index (χ0v) is 34.2. The normalized spacial score (nSPS) is 11.7. The van der Waals surface area contributed by atoms with E-state index in [4.69, 9.17) is 0 Å². The summed E-state index contributed by atoms with van der Waals surface area (Å²) in [7, 11) is 0. The Morgan fingerprint density at radius 2 is 0.778 bits per heavy atom. The molecule has 0 radical (unpaired) electrons. The van der Waals surface area contributed by atoms with Crippen LogP contribution in [0.25, 0.3) is 39.0 Å². The largest absolute Gasteiger partial charge is 0.134 e. The molecule has 0 spiro atoms. The van der Waals surface area contributed by atoms with Crippen LogP contribution in [0.1, 0.15) is 115 Å². The minimum Gasteiger partial charge on any atom is -0.134 e. The molecule has 0 saturated heterocycles. The van der Waals surface area contributed by atoms with Crippen LogP contribution in [0.2, 0.25) is 0 Å². The van der Waals surface area contributed by atoms with Gasteiger partial charge in [0.15, 0.2) is 0 Å². The lowest BCUT2D eigenvalue weighted by Crippen LogP contribution is -1.85. The van der Waals surface area contributed by atoms with E-state index >= 15 is 0 Å². The first-order valence-corrected chi connectivity index (χ1v) is 22.6. The van der Waals surface area contributed by atoms with Gasteiger partial charge in [-0.15, -0.1) is 56.7 Å². The summed E-state index contributed by atoms with van der Waals surface area (Å²) in [6, 6.07) is 16.8. The highest BCUT2D eigenvalue weighted by atomic mass is 79.9. The molecule has 0 N–H and O–H groups in total. The van der Waals surface area contributed by atoms with Gasteiger partial charge in [-0.1, -0.05) is 78.6 Å². The number of rotatable bonds is 19. The summed E-state index contributed by atoms with van der Waals surface area (Å²) >= 11 is 17.4. The molecule has 7 heteroatoms. The van der Waals surface area contributed by atoms with Gasteiger partial charge in [0, 0.05) is 39.0 Å². The van der Waals surface area contributed by atoms with E-state index in [-0.39, 0.29) is 0 Å². The highest BCUT2D eigenvalue weighted by molar-refractivity contribution is 9.11. The average molecular weight is 823 g/mol. The van der Waals surface area contributed by atoms with Crippen LogP contribution in [0.4, 0.5) is 0 Å². The fourth-order valence-electron chi connectivity index (χ4n) is 5.92. The van der Waals surface area contributed by atoms with Gasteiger partial charge in [0.05, 0.1) is 7.57 Å². The third kappa shape index (κ3) is 9.77. The van der Waals surface area contributed by atoms with Crippen LogP contribution >= 0.6 is 88.5 Å². The van der Waals surface area contributed by atoms with E-state index in [2.05, 4.69) is 95.1 Å². The average Bonchev–Trinajstić information content (AvgIpc) is 3.86. The van der Waals surface area contributed by atoms with Gasteiger partial charge in [-0.05, 0) is 130 Å². The molecule has 0 fully saturated rings. The van der Waals surface area contributed by atoms with Gasteiger partial charge in [0.2, 0.25) is 0 Å². The Morgan fingerprint density at radius 3 is 1.22 bits per heavy atom. The van der Waals surface area contributed by atoms with E-state index in [1.54, 1.807) is 0 Å². The maximum absolute atomic E-state index is 3.80. The second-order valence-electron chi connectivity index (χ2n) is 12.0. The molecular weight excluding hydrogens is 777 g/mol. The number of halogens is 2. The Bertz CT molecular complexity index is 1610. The van der Waals surface area contributed by atoms with Gasteiger partial charge in [-0.25, -0.2) is 0 Å². The lowest BCUT2D eigenvalue weighted by molar-refractivity contribution is 0.668. The SMILES string of the molecule is CCCCCCc1cc(Br)sc1-c1ccc(-c2cc(CCCCCC)c(-c3ccc(-c4sc(Br)cc4CCCCCC)s3)s2)s1. The standard InChI is InChI=1S/C38H46Br2S5/c1-4-7-10-13-16-26-23-33(29-19-20-31(41-29)37-27(24-34(39)44-37)17-14-11-8-5-2)43-36(26)30-21-22-32(42-30)38-28(25-35(40)45-38)18-15-12-9-6-3/h19-25H,4-18H2,1-3H3. The van der Waals surface area contributed by atoms with Crippen molar-refractivity contribution < 1.29 is 0 Å². The minimum absolute atomic E-state index is 1.17. The van der Waals surface area contributed by atoms with Crippen LogP contribution in [0, 0.1) is 0 Å². The zero-order chi connectivity index (χ0) is 31.6. The van der Waals surface area contributed by atoms with Crippen molar-refractivity contribution in [3.8, 4) is 39.0 Å². The summed E-state index contributed by atoms with van der Waals surface area (Å²) in [6.07, 6.45) is 19.2. The number of hydrogen-bond donors (Lipinski definition) is 0. The van der Waals surface area contributed by atoms with E-state index in [0.29, 0.717) is 0 Å². The van der Waals surface area contributed by atoms with Gasteiger partial charge in [0.1, 0.15) is 0 Å². The lowest BCUT2D eigenvalue weighted by Gasteiger charge is -2.03. The molecule has 45 heavy (non-hydrogen) atoms. The van der Waals surface area contributed by atoms with Crippen molar-refractivity contribution >= 4 is 88.5 Å². The fourth-order valence-corrected chi connectivity index (χ4v) is 13.1. The van der Waals surface area contributed by atoms with Crippen molar-refractivity contribution in [3.05, 3.63) is 66.7 Å². The van der Waals surface area contributed by atoms with E-state index in [0.717, 1.165) is 0 Å². The van der Waals surface area contributed by atoms with Crippen LogP contribution in [-0.2, 0) is 19.3 Å². The Balaban J connectivity index is 1.40. The lowest BCUT2D eigenvalue weighted by atomic mass is 10.1. The van der Waals surface area contributed by atoms with Crippen LogP contribution < -0.4 is 0 Å². The van der Waals surface area contributed by atoms with E-state index in [1.165, 1.54) is 160 Å². The molecule has 0 aliphatic rings. The van der Waals surface area contributed by atoms with Crippen molar-refractivity contribution in [2.75, 3.05) is 0 Å². The maximum atomic E-state index is 3.80. The number of thiophene rings is 5. The summed E-state index contributed by atoms with van der Waals surface area (Å²) in [5, 5.41) is 0. The topological polar surface area (TPSA) is 0 Å². The minimum atomic E-state index is 1.17. The van der Waals surface area contributed by atoms with Crippen molar-refractivity contribution in [2.24, 2.45) is 0 Å². The first-order chi connectivity index (χ1) is 22.0. The highest BCUT2D eigenvalue weighted by Gasteiger charge is 2.19. The summed E-state index contributed by atoms with van der Waals surface area (Å²) in [5.41, 5.74) is 4.56. The number of unbranched alkanes of at least 4 members (excludes halogenated alkanes) is 9. The van der Waals surface area contributed by atoms with Gasteiger partial charge >= 0.3 is 0 Å². The second kappa shape index (κ2) is 18.3. The van der Waals surface area contributed by atoms with Crippen molar-refractivity contribution in [3.63, 3.8) is 0 Å². The first-order valence-electron chi connectivity index (χ1n) is 16.9. The number of aryl methyl sites for hydroxylation is 3. The van der Waals surface area contributed by atoms with Gasteiger partial charge in [-0.2, -0.15) is 0 Å². The van der Waals surface area contributed by atoms with Gasteiger partial charge < -0.3 is 0 Å². The van der Waals surface area contributed by atoms with Crippen molar-refractivity contribution in [1.29, 1.82) is 0 Å². The Hall–Kier alpha value is -0.540. The molecule has 0 unspecified atom stereocenters. The molecule has 0 amide bonds. The molecule has 5 heterocycles. The molecule has 242 valence electrons. The zero-order valence-electron chi connectivity index (χ0n) is 26.9.